The molecule has 2 N–H and O–H groups in total. The predicted molar refractivity (Wildman–Crippen MR) is 73.3 cm³/mol. The van der Waals surface area contributed by atoms with Crippen molar-refractivity contribution in [1.29, 1.82) is 0 Å². The van der Waals surface area contributed by atoms with Crippen molar-refractivity contribution in [1.82, 2.24) is 9.80 Å². The Morgan fingerprint density at radius 2 is 1.94 bits per heavy atom. The molecule has 1 heterocycles. The monoisotopic (exact) mass is 253 g/mol. The lowest BCUT2D eigenvalue weighted by Gasteiger charge is -2.52. The van der Waals surface area contributed by atoms with Crippen LogP contribution >= 0.6 is 0 Å². The summed E-state index contributed by atoms with van der Waals surface area (Å²) in [5, 5.41) is 0. The summed E-state index contributed by atoms with van der Waals surface area (Å²) in [4.78, 5) is 17.0. The van der Waals surface area contributed by atoms with Gasteiger partial charge in [-0.25, -0.2) is 0 Å². The van der Waals surface area contributed by atoms with Crippen LogP contribution in [0.4, 0.5) is 0 Å². The topological polar surface area (TPSA) is 49.6 Å². The number of piperazine rings is 1. The zero-order chi connectivity index (χ0) is 13.0. The summed E-state index contributed by atoms with van der Waals surface area (Å²) in [5.41, 5.74) is 5.66. The molecule has 0 aromatic rings. The number of amides is 1. The molecule has 1 spiro atoms. The van der Waals surface area contributed by atoms with Gasteiger partial charge in [-0.1, -0.05) is 19.3 Å². The van der Waals surface area contributed by atoms with Crippen LogP contribution in [0.1, 0.15) is 44.9 Å². The van der Waals surface area contributed by atoms with Crippen LogP contribution < -0.4 is 5.73 Å². The van der Waals surface area contributed by atoms with Crippen molar-refractivity contribution in [2.75, 3.05) is 33.2 Å². The van der Waals surface area contributed by atoms with Crippen LogP contribution in [0.3, 0.4) is 0 Å². The van der Waals surface area contributed by atoms with E-state index in [4.69, 9.17) is 5.73 Å². The average molecular weight is 253 g/mol. The van der Waals surface area contributed by atoms with Crippen LogP contribution in [-0.4, -0.2) is 54.5 Å². The number of carbonyl (C=O) groups excluding carboxylic acids is 1. The van der Waals surface area contributed by atoms with E-state index in [0.29, 0.717) is 18.9 Å². The molecule has 4 nitrogen and oxygen atoms in total. The molecular formula is C14H27N3O. The lowest BCUT2D eigenvalue weighted by molar-refractivity contribution is -0.144. The zero-order valence-electron chi connectivity index (χ0n) is 11.7. The first-order valence-corrected chi connectivity index (χ1v) is 7.37. The van der Waals surface area contributed by atoms with E-state index in [9.17, 15) is 4.79 Å². The fourth-order valence-electron chi connectivity index (χ4n) is 3.59. The van der Waals surface area contributed by atoms with Gasteiger partial charge in [-0.15, -0.1) is 0 Å². The Morgan fingerprint density at radius 3 is 2.61 bits per heavy atom. The Balaban J connectivity index is 2.07. The van der Waals surface area contributed by atoms with Crippen LogP contribution in [0.15, 0.2) is 0 Å². The Kier molecular flexibility index (Phi) is 4.62. The maximum Gasteiger partial charge on any atom is 0.223 e. The van der Waals surface area contributed by atoms with Crippen LogP contribution in [0.25, 0.3) is 0 Å². The lowest BCUT2D eigenvalue weighted by atomic mass is 9.78. The highest BCUT2D eigenvalue weighted by atomic mass is 16.2. The van der Waals surface area contributed by atoms with Gasteiger partial charge >= 0.3 is 0 Å². The maximum absolute atomic E-state index is 12.4. The van der Waals surface area contributed by atoms with Crippen molar-refractivity contribution in [2.24, 2.45) is 5.73 Å². The van der Waals surface area contributed by atoms with E-state index in [-0.39, 0.29) is 5.54 Å². The molecule has 18 heavy (non-hydrogen) atoms. The largest absolute Gasteiger partial charge is 0.334 e. The molecule has 1 aliphatic carbocycles. The summed E-state index contributed by atoms with van der Waals surface area (Å²) in [6, 6.07) is 0. The summed E-state index contributed by atoms with van der Waals surface area (Å²) >= 11 is 0. The van der Waals surface area contributed by atoms with E-state index < -0.39 is 0 Å². The Bertz CT molecular complexity index is 287. The quantitative estimate of drug-likeness (QED) is 0.822. The van der Waals surface area contributed by atoms with Crippen LogP contribution in [0.5, 0.6) is 0 Å². The minimum Gasteiger partial charge on any atom is -0.334 e. The molecule has 0 bridgehead atoms. The molecule has 104 valence electrons. The number of hydrogen-bond acceptors (Lipinski definition) is 3. The van der Waals surface area contributed by atoms with E-state index in [1.54, 1.807) is 0 Å². The van der Waals surface area contributed by atoms with E-state index in [1.165, 1.54) is 32.1 Å². The highest BCUT2D eigenvalue weighted by molar-refractivity contribution is 5.77. The third kappa shape index (κ3) is 2.86. The minimum atomic E-state index is 0.136. The normalized spacial score (nSPS) is 24.4. The second-order valence-electron chi connectivity index (χ2n) is 5.96. The SMILES string of the molecule is CN1CCN(C(=O)CCCN)C2(CCCCC2)C1. The van der Waals surface area contributed by atoms with Gasteiger partial charge in [-0.3, -0.25) is 4.79 Å². The Morgan fingerprint density at radius 1 is 1.22 bits per heavy atom. The predicted octanol–water partition coefficient (Wildman–Crippen LogP) is 1.20. The molecule has 0 aromatic heterocycles. The Hall–Kier alpha value is -0.610. The number of carbonyl (C=O) groups is 1. The second-order valence-corrected chi connectivity index (χ2v) is 5.96. The fraction of sp³-hybridized carbons (Fsp3) is 0.929. The maximum atomic E-state index is 12.4. The minimum absolute atomic E-state index is 0.136. The van der Waals surface area contributed by atoms with Gasteiger partial charge in [0, 0.05) is 26.1 Å². The van der Waals surface area contributed by atoms with Gasteiger partial charge in [0.25, 0.3) is 0 Å². The van der Waals surface area contributed by atoms with Crippen molar-refractivity contribution >= 4 is 5.91 Å². The van der Waals surface area contributed by atoms with E-state index >= 15 is 0 Å². The molecule has 0 unspecified atom stereocenters. The molecule has 1 saturated carbocycles. The third-order valence-electron chi connectivity index (χ3n) is 4.52. The summed E-state index contributed by atoms with van der Waals surface area (Å²) < 4.78 is 0. The third-order valence-corrected chi connectivity index (χ3v) is 4.52. The van der Waals surface area contributed by atoms with Gasteiger partial charge < -0.3 is 15.5 Å². The van der Waals surface area contributed by atoms with Gasteiger partial charge in [0.05, 0.1) is 5.54 Å². The first kappa shape index (κ1) is 13.8. The second kappa shape index (κ2) is 6.02. The van der Waals surface area contributed by atoms with E-state index in [2.05, 4.69) is 16.8 Å². The molecule has 0 radical (unpaired) electrons. The number of nitrogens with zero attached hydrogens (tertiary/aromatic N) is 2. The summed E-state index contributed by atoms with van der Waals surface area (Å²) in [6.07, 6.45) is 7.69. The summed E-state index contributed by atoms with van der Waals surface area (Å²) in [7, 11) is 2.18. The molecule has 2 aliphatic rings. The molecule has 4 heteroatoms. The van der Waals surface area contributed by atoms with E-state index in [1.807, 2.05) is 0 Å². The standard InChI is InChI=1S/C14H27N3O/c1-16-10-11-17(13(18)6-5-9-15)14(12-16)7-3-2-4-8-14/h2-12,15H2,1H3. The van der Waals surface area contributed by atoms with Crippen molar-refractivity contribution in [3.8, 4) is 0 Å². The molecule has 0 atom stereocenters. The molecule has 1 aliphatic heterocycles. The molecule has 2 fully saturated rings. The molecular weight excluding hydrogens is 226 g/mol. The van der Waals surface area contributed by atoms with Crippen LogP contribution in [0.2, 0.25) is 0 Å². The van der Waals surface area contributed by atoms with Crippen molar-refractivity contribution < 1.29 is 4.79 Å². The molecule has 0 aromatic carbocycles. The molecule has 2 rings (SSSR count). The van der Waals surface area contributed by atoms with E-state index in [0.717, 1.165) is 26.1 Å². The smallest absolute Gasteiger partial charge is 0.223 e. The molecule has 1 amide bonds. The van der Waals surface area contributed by atoms with Crippen molar-refractivity contribution in [3.05, 3.63) is 0 Å². The number of nitrogens with two attached hydrogens (primary N) is 1. The highest BCUT2D eigenvalue weighted by Gasteiger charge is 2.43. The lowest BCUT2D eigenvalue weighted by Crippen LogP contribution is -2.63. The van der Waals surface area contributed by atoms with Crippen molar-refractivity contribution in [3.63, 3.8) is 0 Å². The fourth-order valence-corrected chi connectivity index (χ4v) is 3.59. The summed E-state index contributed by atoms with van der Waals surface area (Å²) in [5.74, 6) is 0.329. The first-order valence-electron chi connectivity index (χ1n) is 7.37. The van der Waals surface area contributed by atoms with Crippen LogP contribution in [0, 0.1) is 0 Å². The number of likely N-dealkylation sites (N-methyl/N-ethyl adjacent to an activating group) is 1. The first-order chi connectivity index (χ1) is 8.68. The van der Waals surface area contributed by atoms with Gasteiger partial charge in [0.2, 0.25) is 5.91 Å². The highest BCUT2D eigenvalue weighted by Crippen LogP contribution is 2.36. The molecule has 1 saturated heterocycles. The van der Waals surface area contributed by atoms with Crippen LogP contribution in [-0.2, 0) is 4.79 Å². The van der Waals surface area contributed by atoms with Gasteiger partial charge in [-0.05, 0) is 32.9 Å². The zero-order valence-corrected chi connectivity index (χ0v) is 11.7. The Labute approximate surface area is 110 Å². The van der Waals surface area contributed by atoms with Gasteiger partial charge in [-0.2, -0.15) is 0 Å². The number of rotatable bonds is 3. The van der Waals surface area contributed by atoms with Crippen molar-refractivity contribution in [2.45, 2.75) is 50.5 Å². The summed E-state index contributed by atoms with van der Waals surface area (Å²) in [6.45, 7) is 3.59. The number of hydrogen-bond donors (Lipinski definition) is 1. The average Bonchev–Trinajstić information content (AvgIpc) is 2.37. The van der Waals surface area contributed by atoms with Gasteiger partial charge in [0.1, 0.15) is 0 Å². The van der Waals surface area contributed by atoms with Gasteiger partial charge in [0.15, 0.2) is 0 Å².